The Morgan fingerprint density at radius 2 is 2.04 bits per heavy atom. The SMILES string of the molecule is C[N+]12CCCC(CC(OC(=O)C(O)(c3ccccc3)c3cccs3)C1)C2. The number of aliphatic hydroxyl groups is 1. The maximum absolute atomic E-state index is 13.2. The van der Waals surface area contributed by atoms with E-state index >= 15 is 0 Å². The Kier molecular flexibility index (Phi) is 4.63. The maximum Gasteiger partial charge on any atom is 0.349 e. The molecule has 0 spiro atoms. The molecule has 4 unspecified atom stereocenters. The van der Waals surface area contributed by atoms with Crippen LogP contribution in [0.1, 0.15) is 29.7 Å². The largest absolute Gasteiger partial charge is 0.454 e. The average Bonchev–Trinajstić information content (AvgIpc) is 3.15. The number of hydrogen-bond donors (Lipinski definition) is 1. The van der Waals surface area contributed by atoms with Gasteiger partial charge in [-0.15, -0.1) is 11.3 Å². The van der Waals surface area contributed by atoms with Crippen molar-refractivity contribution in [3.05, 3.63) is 58.3 Å². The van der Waals surface area contributed by atoms with Crippen LogP contribution < -0.4 is 0 Å². The first-order chi connectivity index (χ1) is 12.5. The molecule has 0 radical (unpaired) electrons. The number of carbonyl (C=O) groups is 1. The van der Waals surface area contributed by atoms with Gasteiger partial charge >= 0.3 is 5.97 Å². The Labute approximate surface area is 158 Å². The normalized spacial score (nSPS) is 30.4. The molecule has 138 valence electrons. The summed E-state index contributed by atoms with van der Waals surface area (Å²) in [4.78, 5) is 13.8. The van der Waals surface area contributed by atoms with Gasteiger partial charge in [0, 0.05) is 11.5 Å². The molecule has 1 aromatic heterocycles. The molecule has 2 fully saturated rings. The fourth-order valence-corrected chi connectivity index (χ4v) is 5.54. The molecule has 2 aromatic rings. The third-order valence-electron chi connectivity index (χ3n) is 5.89. The van der Waals surface area contributed by atoms with Gasteiger partial charge in [0.15, 0.2) is 6.10 Å². The fourth-order valence-electron chi connectivity index (χ4n) is 4.71. The molecule has 26 heavy (non-hydrogen) atoms. The molecule has 1 N–H and O–H groups in total. The Hall–Kier alpha value is -1.69. The van der Waals surface area contributed by atoms with Crippen LogP contribution in [0.2, 0.25) is 0 Å². The molecule has 4 nitrogen and oxygen atoms in total. The first-order valence-electron chi connectivity index (χ1n) is 9.36. The van der Waals surface area contributed by atoms with E-state index in [0.717, 1.165) is 24.0 Å². The molecule has 4 rings (SSSR count). The van der Waals surface area contributed by atoms with Gasteiger partial charge in [0.2, 0.25) is 5.60 Å². The van der Waals surface area contributed by atoms with Gasteiger partial charge < -0.3 is 14.3 Å². The van der Waals surface area contributed by atoms with Crippen molar-refractivity contribution >= 4 is 17.3 Å². The van der Waals surface area contributed by atoms with Crippen LogP contribution >= 0.6 is 11.3 Å². The molecule has 0 saturated carbocycles. The number of nitrogens with zero attached hydrogens (tertiary/aromatic N) is 1. The number of likely N-dealkylation sites (N-methyl/N-ethyl adjacent to an activating group) is 1. The number of thiophene rings is 1. The zero-order chi connectivity index (χ0) is 18.2. The highest BCUT2D eigenvalue weighted by molar-refractivity contribution is 7.10. The molecule has 0 amide bonds. The minimum atomic E-state index is -1.74. The van der Waals surface area contributed by atoms with Gasteiger partial charge in [-0.3, -0.25) is 0 Å². The van der Waals surface area contributed by atoms with Crippen molar-refractivity contribution in [3.8, 4) is 0 Å². The molecule has 2 saturated heterocycles. The van der Waals surface area contributed by atoms with E-state index < -0.39 is 11.6 Å². The molecular weight excluding hydrogens is 346 g/mol. The van der Waals surface area contributed by atoms with E-state index in [1.165, 1.54) is 30.7 Å². The van der Waals surface area contributed by atoms with Crippen molar-refractivity contribution in [1.82, 2.24) is 0 Å². The number of hydrogen-bond acceptors (Lipinski definition) is 4. The van der Waals surface area contributed by atoms with Crippen LogP contribution in [0.5, 0.6) is 0 Å². The van der Waals surface area contributed by atoms with Crippen molar-refractivity contribution < 1.29 is 19.1 Å². The van der Waals surface area contributed by atoms with E-state index in [4.69, 9.17) is 4.74 Å². The second-order valence-electron chi connectivity index (χ2n) is 8.03. The van der Waals surface area contributed by atoms with Crippen molar-refractivity contribution in [2.45, 2.75) is 31.0 Å². The minimum absolute atomic E-state index is 0.123. The second-order valence-corrected chi connectivity index (χ2v) is 8.98. The molecule has 2 aliphatic heterocycles. The zero-order valence-electron chi connectivity index (χ0n) is 15.1. The number of fused-ring (bicyclic) bond motifs is 2. The van der Waals surface area contributed by atoms with Gasteiger partial charge in [0.25, 0.3) is 0 Å². The number of rotatable bonds is 4. The summed E-state index contributed by atoms with van der Waals surface area (Å²) in [5.41, 5.74) is -1.18. The van der Waals surface area contributed by atoms with Crippen LogP contribution in [0.15, 0.2) is 47.8 Å². The van der Waals surface area contributed by atoms with Crippen molar-refractivity contribution in [2.75, 3.05) is 26.7 Å². The summed E-state index contributed by atoms with van der Waals surface area (Å²) in [5.74, 6) is 0.0655. The average molecular weight is 373 g/mol. The highest BCUT2D eigenvalue weighted by Crippen LogP contribution is 2.37. The minimum Gasteiger partial charge on any atom is -0.454 e. The lowest BCUT2D eigenvalue weighted by Gasteiger charge is -2.48. The molecule has 3 heterocycles. The van der Waals surface area contributed by atoms with Gasteiger partial charge in [-0.05, 0) is 30.7 Å². The van der Waals surface area contributed by atoms with E-state index in [9.17, 15) is 9.90 Å². The van der Waals surface area contributed by atoms with E-state index in [0.29, 0.717) is 16.4 Å². The molecule has 2 bridgehead atoms. The summed E-state index contributed by atoms with van der Waals surface area (Å²) in [5, 5.41) is 13.3. The summed E-state index contributed by atoms with van der Waals surface area (Å²) in [6.45, 7) is 3.18. The number of ether oxygens (including phenoxy) is 1. The lowest BCUT2D eigenvalue weighted by Crippen LogP contribution is -2.60. The third kappa shape index (κ3) is 3.20. The quantitative estimate of drug-likeness (QED) is 0.662. The second kappa shape index (κ2) is 6.80. The van der Waals surface area contributed by atoms with Crippen LogP contribution in [0.4, 0.5) is 0 Å². The van der Waals surface area contributed by atoms with Gasteiger partial charge in [0.1, 0.15) is 6.54 Å². The number of benzene rings is 1. The topological polar surface area (TPSA) is 46.5 Å². The molecular formula is C21H26NO3S+. The lowest BCUT2D eigenvalue weighted by molar-refractivity contribution is -0.925. The maximum atomic E-state index is 13.2. The van der Waals surface area contributed by atoms with E-state index in [1.807, 2.05) is 29.6 Å². The predicted molar refractivity (Wildman–Crippen MR) is 102 cm³/mol. The lowest BCUT2D eigenvalue weighted by atomic mass is 9.86. The van der Waals surface area contributed by atoms with Crippen LogP contribution in [0, 0.1) is 5.92 Å². The Bertz CT molecular complexity index is 763. The highest BCUT2D eigenvalue weighted by atomic mass is 32.1. The van der Waals surface area contributed by atoms with Crippen LogP contribution in [-0.2, 0) is 15.1 Å². The summed E-state index contributed by atoms with van der Waals surface area (Å²) in [7, 11) is 2.26. The van der Waals surface area contributed by atoms with Gasteiger partial charge in [0.05, 0.1) is 25.0 Å². The first-order valence-corrected chi connectivity index (χ1v) is 10.2. The van der Waals surface area contributed by atoms with Gasteiger partial charge in [-0.2, -0.15) is 0 Å². The van der Waals surface area contributed by atoms with Crippen molar-refractivity contribution in [2.24, 2.45) is 5.92 Å². The molecule has 1 aromatic carbocycles. The first kappa shape index (κ1) is 17.7. The standard InChI is InChI=1S/C21H26NO3S/c1-22-11-5-7-16(14-22)13-18(15-22)25-20(23)21(24,19-10-6-12-26-19)17-8-3-2-4-9-17/h2-4,6,8-10,12,16,18,24H,5,7,11,13-15H2,1H3/q+1. The van der Waals surface area contributed by atoms with E-state index in [-0.39, 0.29) is 6.10 Å². The third-order valence-corrected chi connectivity index (χ3v) is 6.87. The Morgan fingerprint density at radius 3 is 2.73 bits per heavy atom. The molecule has 0 aliphatic carbocycles. The fraction of sp³-hybridized carbons (Fsp3) is 0.476. The smallest absolute Gasteiger partial charge is 0.349 e. The van der Waals surface area contributed by atoms with E-state index in [1.54, 1.807) is 18.2 Å². The van der Waals surface area contributed by atoms with Crippen LogP contribution in [0.3, 0.4) is 0 Å². The predicted octanol–water partition coefficient (Wildman–Crippen LogP) is 3.16. The molecule has 4 atom stereocenters. The molecule has 5 heteroatoms. The monoisotopic (exact) mass is 372 g/mol. The zero-order valence-corrected chi connectivity index (χ0v) is 16.0. The number of quaternary nitrogens is 1. The highest BCUT2D eigenvalue weighted by Gasteiger charge is 2.47. The van der Waals surface area contributed by atoms with Crippen molar-refractivity contribution in [1.29, 1.82) is 0 Å². The Balaban J connectivity index is 1.60. The number of carbonyl (C=O) groups excluding carboxylic acids is 1. The summed E-state index contributed by atoms with van der Waals surface area (Å²) < 4.78 is 6.92. The van der Waals surface area contributed by atoms with Crippen LogP contribution in [-0.4, -0.2) is 48.3 Å². The molecule has 2 aliphatic rings. The van der Waals surface area contributed by atoms with E-state index in [2.05, 4.69) is 7.05 Å². The summed E-state index contributed by atoms with van der Waals surface area (Å²) in [6.07, 6.45) is 3.26. The van der Waals surface area contributed by atoms with Gasteiger partial charge in [-0.1, -0.05) is 36.4 Å². The van der Waals surface area contributed by atoms with Gasteiger partial charge in [-0.25, -0.2) is 4.79 Å². The number of esters is 1. The van der Waals surface area contributed by atoms with Crippen molar-refractivity contribution in [3.63, 3.8) is 0 Å². The van der Waals surface area contributed by atoms with Crippen LogP contribution in [0.25, 0.3) is 0 Å². The summed E-state index contributed by atoms with van der Waals surface area (Å²) >= 11 is 1.38. The summed E-state index contributed by atoms with van der Waals surface area (Å²) in [6, 6.07) is 12.8. The Morgan fingerprint density at radius 1 is 1.23 bits per heavy atom. The number of piperidine rings is 2.